The lowest BCUT2D eigenvalue weighted by molar-refractivity contribution is -0.117. The van der Waals surface area contributed by atoms with Crippen LogP contribution < -0.4 is 5.32 Å². The molecule has 2 fully saturated rings. The summed E-state index contributed by atoms with van der Waals surface area (Å²) in [4.78, 5) is 26.8. The van der Waals surface area contributed by atoms with Crippen LogP contribution in [0.25, 0.3) is 0 Å². The monoisotopic (exact) mass is 381 g/mol. The average molecular weight is 381 g/mol. The van der Waals surface area contributed by atoms with E-state index in [-0.39, 0.29) is 17.4 Å². The average Bonchev–Trinajstić information content (AvgIpc) is 3.26. The van der Waals surface area contributed by atoms with E-state index in [0.717, 1.165) is 30.6 Å². The number of ether oxygens (including phenoxy) is 1. The highest BCUT2D eigenvalue weighted by Crippen LogP contribution is 2.42. The van der Waals surface area contributed by atoms with Crippen molar-refractivity contribution in [1.82, 2.24) is 14.8 Å². The summed E-state index contributed by atoms with van der Waals surface area (Å²) < 4.78 is 7.88. The van der Waals surface area contributed by atoms with Gasteiger partial charge in [0, 0.05) is 32.0 Å². The van der Waals surface area contributed by atoms with Crippen molar-refractivity contribution in [2.45, 2.75) is 25.4 Å². The molecule has 2 saturated heterocycles. The largest absolute Gasteiger partial charge is 0.371 e. The van der Waals surface area contributed by atoms with Gasteiger partial charge in [0.25, 0.3) is 11.8 Å². The number of carbonyl (C=O) groups is 2. The van der Waals surface area contributed by atoms with Crippen LogP contribution in [0.5, 0.6) is 0 Å². The number of likely N-dealkylation sites (tertiary alicyclic amines) is 1. The highest BCUT2D eigenvalue weighted by molar-refractivity contribution is 5.95. The summed E-state index contributed by atoms with van der Waals surface area (Å²) in [5.41, 5.74) is 2.25. The molecular formula is C22H27N3O3. The summed E-state index contributed by atoms with van der Waals surface area (Å²) in [6, 6.07) is 11.4. The number of aryl methyl sites for hydroxylation is 2. The molecule has 0 unspecified atom stereocenters. The van der Waals surface area contributed by atoms with Gasteiger partial charge in [0.2, 0.25) is 0 Å². The molecule has 2 aliphatic heterocycles. The molecule has 1 N–H and O–H groups in total. The zero-order chi connectivity index (χ0) is 19.7. The third-order valence-corrected chi connectivity index (χ3v) is 6.02. The summed E-state index contributed by atoms with van der Waals surface area (Å²) in [5, 5.41) is 3.01. The highest BCUT2D eigenvalue weighted by atomic mass is 16.5. The van der Waals surface area contributed by atoms with Gasteiger partial charge < -0.3 is 19.5 Å². The first-order chi connectivity index (χ1) is 13.5. The van der Waals surface area contributed by atoms with Crippen LogP contribution >= 0.6 is 0 Å². The van der Waals surface area contributed by atoms with Crippen LogP contribution in [-0.2, 0) is 11.8 Å². The Bertz CT molecular complexity index is 883. The molecule has 3 heterocycles. The number of aromatic nitrogens is 1. The van der Waals surface area contributed by atoms with Crippen LogP contribution in [0.2, 0.25) is 0 Å². The lowest BCUT2D eigenvalue weighted by atomic mass is 9.78. The number of benzene rings is 1. The lowest BCUT2D eigenvalue weighted by Crippen LogP contribution is -2.66. The minimum atomic E-state index is -0.241. The number of rotatable bonds is 5. The van der Waals surface area contributed by atoms with E-state index in [2.05, 4.69) is 5.32 Å². The van der Waals surface area contributed by atoms with Crippen LogP contribution in [0, 0.1) is 12.8 Å². The van der Waals surface area contributed by atoms with E-state index in [0.29, 0.717) is 31.2 Å². The van der Waals surface area contributed by atoms with Crippen molar-refractivity contribution in [1.29, 1.82) is 0 Å². The molecule has 6 nitrogen and oxygen atoms in total. The molecule has 1 aromatic heterocycles. The molecule has 28 heavy (non-hydrogen) atoms. The van der Waals surface area contributed by atoms with Crippen LogP contribution in [0.1, 0.15) is 39.3 Å². The fourth-order valence-electron chi connectivity index (χ4n) is 4.39. The molecule has 0 radical (unpaired) electrons. The number of nitrogens with zero attached hydrogens (tertiary/aromatic N) is 2. The molecule has 0 saturated carbocycles. The van der Waals surface area contributed by atoms with Gasteiger partial charge in [-0.1, -0.05) is 17.7 Å². The van der Waals surface area contributed by atoms with Gasteiger partial charge >= 0.3 is 0 Å². The Hall–Kier alpha value is -2.60. The van der Waals surface area contributed by atoms with E-state index in [1.54, 1.807) is 0 Å². The topological polar surface area (TPSA) is 63.6 Å². The molecule has 2 aromatic rings. The fraction of sp³-hybridized carbons (Fsp3) is 0.455. The van der Waals surface area contributed by atoms with Gasteiger partial charge in [-0.3, -0.25) is 9.59 Å². The quantitative estimate of drug-likeness (QED) is 0.865. The van der Waals surface area contributed by atoms with Gasteiger partial charge in [-0.15, -0.1) is 0 Å². The van der Waals surface area contributed by atoms with Crippen LogP contribution in [0.3, 0.4) is 0 Å². The van der Waals surface area contributed by atoms with Gasteiger partial charge in [0.15, 0.2) is 0 Å². The molecule has 6 heteroatoms. The van der Waals surface area contributed by atoms with Gasteiger partial charge in [-0.25, -0.2) is 0 Å². The summed E-state index contributed by atoms with van der Waals surface area (Å²) in [7, 11) is 1.86. The summed E-state index contributed by atoms with van der Waals surface area (Å²) in [6.07, 6.45) is 3.71. The second-order valence-electron chi connectivity index (χ2n) is 7.98. The molecule has 2 aliphatic rings. The summed E-state index contributed by atoms with van der Waals surface area (Å²) in [6.45, 7) is 4.61. The number of carbonyl (C=O) groups excluding carboxylic acids is 2. The first-order valence-electron chi connectivity index (χ1n) is 9.88. The second-order valence-corrected chi connectivity index (χ2v) is 7.98. The number of hydrogen-bond donors (Lipinski definition) is 1. The smallest absolute Gasteiger partial charge is 0.267 e. The Morgan fingerprint density at radius 3 is 2.79 bits per heavy atom. The zero-order valence-corrected chi connectivity index (χ0v) is 16.5. The molecular weight excluding hydrogens is 354 g/mol. The third kappa shape index (κ3) is 3.44. The second kappa shape index (κ2) is 7.43. The predicted molar refractivity (Wildman–Crippen MR) is 106 cm³/mol. The summed E-state index contributed by atoms with van der Waals surface area (Å²) >= 11 is 0. The fourth-order valence-corrected chi connectivity index (χ4v) is 4.39. The van der Waals surface area contributed by atoms with Gasteiger partial charge in [0.1, 0.15) is 11.3 Å². The van der Waals surface area contributed by atoms with Gasteiger partial charge in [0.05, 0.1) is 13.1 Å². The Labute approximate surface area is 165 Å². The minimum absolute atomic E-state index is 0.0506. The molecule has 148 valence electrons. The van der Waals surface area contributed by atoms with Crippen molar-refractivity contribution < 1.29 is 14.3 Å². The van der Waals surface area contributed by atoms with Crippen molar-refractivity contribution in [2.75, 3.05) is 26.2 Å². The van der Waals surface area contributed by atoms with Crippen LogP contribution in [-0.4, -0.2) is 53.1 Å². The molecule has 0 aliphatic carbocycles. The van der Waals surface area contributed by atoms with Crippen molar-refractivity contribution in [2.24, 2.45) is 13.0 Å². The van der Waals surface area contributed by atoms with Crippen molar-refractivity contribution in [3.8, 4) is 0 Å². The van der Waals surface area contributed by atoms with Crippen LogP contribution in [0.4, 0.5) is 0 Å². The molecule has 1 aromatic carbocycles. The van der Waals surface area contributed by atoms with E-state index in [1.807, 2.05) is 66.0 Å². The lowest BCUT2D eigenvalue weighted by Gasteiger charge is -2.50. The van der Waals surface area contributed by atoms with Crippen molar-refractivity contribution in [3.05, 3.63) is 59.4 Å². The van der Waals surface area contributed by atoms with Gasteiger partial charge in [-0.2, -0.15) is 0 Å². The zero-order valence-electron chi connectivity index (χ0n) is 16.5. The van der Waals surface area contributed by atoms with Crippen LogP contribution in [0.15, 0.2) is 42.6 Å². The number of nitrogens with one attached hydrogen (secondary N) is 1. The van der Waals surface area contributed by atoms with E-state index >= 15 is 0 Å². The first-order valence-corrected chi connectivity index (χ1v) is 9.88. The first kappa shape index (κ1) is 18.7. The molecule has 1 spiro atoms. The number of amides is 2. The summed E-state index contributed by atoms with van der Waals surface area (Å²) in [5.74, 6) is 0.383. The van der Waals surface area contributed by atoms with Crippen molar-refractivity contribution in [3.63, 3.8) is 0 Å². The Morgan fingerprint density at radius 2 is 2.07 bits per heavy atom. The van der Waals surface area contributed by atoms with E-state index < -0.39 is 0 Å². The van der Waals surface area contributed by atoms with E-state index in [1.165, 1.54) is 0 Å². The standard InChI is InChI=1S/C22H27N3O3/c1-16-5-3-6-17(13-16)21(27)25-14-22(15-25)18(9-12-28-22)8-10-23-20(26)19-7-4-11-24(19)2/h3-7,11,13,18H,8-10,12,14-15H2,1-2H3,(H,23,26)/t18-/m0/s1. The predicted octanol–water partition coefficient (Wildman–Crippen LogP) is 2.38. The Balaban J connectivity index is 1.30. The third-order valence-electron chi connectivity index (χ3n) is 6.02. The normalized spacial score (nSPS) is 20.2. The highest BCUT2D eigenvalue weighted by Gasteiger charge is 2.54. The Kier molecular flexibility index (Phi) is 4.98. The van der Waals surface area contributed by atoms with E-state index in [4.69, 9.17) is 4.74 Å². The maximum absolute atomic E-state index is 12.7. The molecule has 4 rings (SSSR count). The van der Waals surface area contributed by atoms with Gasteiger partial charge in [-0.05, 0) is 49.9 Å². The number of hydrogen-bond acceptors (Lipinski definition) is 3. The van der Waals surface area contributed by atoms with E-state index in [9.17, 15) is 9.59 Å². The van der Waals surface area contributed by atoms with Crippen molar-refractivity contribution >= 4 is 11.8 Å². The maximum atomic E-state index is 12.7. The molecule has 1 atom stereocenters. The minimum Gasteiger partial charge on any atom is -0.371 e. The molecule has 2 amide bonds. The SMILES string of the molecule is Cc1cccc(C(=O)N2CC3(C2)OCC[C@@H]3CCNC(=O)c2cccn2C)c1. The Morgan fingerprint density at radius 1 is 1.25 bits per heavy atom. The molecule has 0 bridgehead atoms. The maximum Gasteiger partial charge on any atom is 0.267 e.